The Hall–Kier alpha value is -3.04. The first kappa shape index (κ1) is 32.5. The summed E-state index contributed by atoms with van der Waals surface area (Å²) in [6.07, 6.45) is 3.41. The molecule has 0 aliphatic carbocycles. The molecule has 0 aliphatic heterocycles. The lowest BCUT2D eigenvalue weighted by Crippen LogP contribution is -2.15. The van der Waals surface area contributed by atoms with E-state index in [9.17, 15) is 13.6 Å². The summed E-state index contributed by atoms with van der Waals surface area (Å²) in [4.78, 5) is 18.2. The van der Waals surface area contributed by atoms with Gasteiger partial charge in [-0.3, -0.25) is 13.6 Å². The highest BCUT2D eigenvalue weighted by molar-refractivity contribution is 7.84. The van der Waals surface area contributed by atoms with Crippen molar-refractivity contribution < 1.29 is 32.1 Å². The van der Waals surface area contributed by atoms with Crippen molar-refractivity contribution in [3.63, 3.8) is 0 Å². The number of ether oxygens (including phenoxy) is 2. The second kappa shape index (κ2) is 14.7. The van der Waals surface area contributed by atoms with Crippen molar-refractivity contribution >= 4 is 30.1 Å². The van der Waals surface area contributed by atoms with E-state index < -0.39 is 24.3 Å². The van der Waals surface area contributed by atoms with Crippen LogP contribution in [0.2, 0.25) is 0 Å². The molecule has 0 fully saturated rings. The third-order valence-corrected chi connectivity index (χ3v) is 8.81. The van der Waals surface area contributed by atoms with Crippen molar-refractivity contribution in [2.24, 2.45) is 0 Å². The van der Waals surface area contributed by atoms with Crippen LogP contribution in [-0.2, 0) is 30.6 Å². The molecule has 1 aromatic heterocycles. The lowest BCUT2D eigenvalue weighted by Gasteiger charge is -2.22. The van der Waals surface area contributed by atoms with Gasteiger partial charge < -0.3 is 23.8 Å². The Labute approximate surface area is 245 Å². The van der Waals surface area contributed by atoms with Gasteiger partial charge in [0.2, 0.25) is 0 Å². The Morgan fingerprint density at radius 1 is 0.927 bits per heavy atom. The van der Waals surface area contributed by atoms with Crippen LogP contribution in [0.1, 0.15) is 63.9 Å². The highest BCUT2D eigenvalue weighted by Crippen LogP contribution is 2.53. The molecule has 1 unspecified atom stereocenters. The number of aromatic nitrogens is 1. The van der Waals surface area contributed by atoms with Gasteiger partial charge in [-0.05, 0) is 89.1 Å². The minimum Gasteiger partial charge on any atom is -0.491 e. The number of carbonyl (C=O) groups excluding carboxylic acids is 1. The highest BCUT2D eigenvalue weighted by Gasteiger charge is 2.28. The summed E-state index contributed by atoms with van der Waals surface area (Å²) in [6.45, 7) is 11.2. The molecular weight excluding hydrogens is 563 g/mol. The van der Waals surface area contributed by atoms with E-state index in [1.54, 1.807) is 94.7 Å². The molecule has 0 aliphatic rings. The normalized spacial score (nSPS) is 13.2. The van der Waals surface area contributed by atoms with Gasteiger partial charge in [-0.25, -0.2) is 4.98 Å². The van der Waals surface area contributed by atoms with E-state index in [2.05, 4.69) is 10.3 Å². The molecule has 0 radical (unpaired) electrons. The van der Waals surface area contributed by atoms with E-state index >= 15 is 0 Å². The molecule has 222 valence electrons. The minimum atomic E-state index is -3.38. The number of benzene rings is 2. The van der Waals surface area contributed by atoms with Crippen molar-refractivity contribution in [2.75, 3.05) is 11.6 Å². The predicted octanol–water partition coefficient (Wildman–Crippen LogP) is 7.58. The molecule has 1 N–H and O–H groups in total. The topological polar surface area (TPSA) is 113 Å². The number of hydrogen-bond acceptors (Lipinski definition) is 8. The Balaban J connectivity index is 1.79. The first-order valence-corrected chi connectivity index (χ1v) is 16.8. The third-order valence-electron chi connectivity index (χ3n) is 5.63. The zero-order valence-corrected chi connectivity index (χ0v) is 26.3. The van der Waals surface area contributed by atoms with Crippen LogP contribution in [-0.4, -0.2) is 39.7 Å². The molecule has 3 rings (SSSR count). The van der Waals surface area contributed by atoms with Crippen LogP contribution in [0.25, 0.3) is 0 Å². The zero-order valence-electron chi connectivity index (χ0n) is 24.6. The van der Waals surface area contributed by atoms with Gasteiger partial charge in [0.1, 0.15) is 23.1 Å². The molecule has 2 aromatic carbocycles. The van der Waals surface area contributed by atoms with E-state index in [4.69, 9.17) is 18.5 Å². The van der Waals surface area contributed by atoms with Crippen LogP contribution in [0.15, 0.2) is 65.7 Å². The summed E-state index contributed by atoms with van der Waals surface area (Å²) in [6, 6.07) is 15.3. The van der Waals surface area contributed by atoms with E-state index in [0.717, 1.165) is 6.42 Å². The van der Waals surface area contributed by atoms with Crippen molar-refractivity contribution in [3.8, 4) is 17.2 Å². The van der Waals surface area contributed by atoms with Crippen molar-refractivity contribution in [1.29, 1.82) is 0 Å². The second-order valence-electron chi connectivity index (χ2n) is 10.1. The number of anilines is 1. The first-order valence-electron chi connectivity index (χ1n) is 13.5. The summed E-state index contributed by atoms with van der Waals surface area (Å²) in [5.74, 6) is 1.35. The number of pyridine rings is 1. The molecule has 41 heavy (non-hydrogen) atoms. The highest BCUT2D eigenvalue weighted by atomic mass is 32.2. The Kier molecular flexibility index (Phi) is 11.7. The van der Waals surface area contributed by atoms with Gasteiger partial charge in [0.25, 0.3) is 5.91 Å². The number of hydrogen-bond donors (Lipinski definition) is 1. The van der Waals surface area contributed by atoms with Gasteiger partial charge in [0.15, 0.2) is 0 Å². The molecule has 3 aromatic rings. The van der Waals surface area contributed by atoms with E-state index in [0.29, 0.717) is 39.1 Å². The molecule has 9 nitrogen and oxygen atoms in total. The van der Waals surface area contributed by atoms with Crippen LogP contribution < -0.4 is 14.8 Å². The molecule has 1 heterocycles. The van der Waals surface area contributed by atoms with Gasteiger partial charge in [-0.15, -0.1) is 0 Å². The molecule has 0 saturated carbocycles. The maximum Gasteiger partial charge on any atom is 0.335 e. The molecule has 0 bridgehead atoms. The number of nitrogens with zero attached hydrogens (tertiary/aromatic N) is 1. The lowest BCUT2D eigenvalue weighted by atomic mass is 10.1. The molecule has 1 amide bonds. The van der Waals surface area contributed by atoms with Crippen LogP contribution in [0.5, 0.6) is 17.2 Å². The van der Waals surface area contributed by atoms with Gasteiger partial charge in [-0.1, -0.05) is 13.0 Å². The fourth-order valence-corrected chi connectivity index (χ4v) is 6.36. The van der Waals surface area contributed by atoms with Crippen molar-refractivity contribution in [3.05, 3.63) is 71.9 Å². The standard InChI is InChI=1S/C30H39N2O7PS/c1-8-22(6)36-26-15-24(16-27(17-26)37-25-10-12-28(13-11-25)41(7)35)30(33)32-29-14-9-23(18-31-29)19-40(34,38-20(2)3)39-21(4)5/h9-18,20-22H,8,19H2,1-7H3,(H,31,32,33)/t22-,41?/m0/s1. The first-order chi connectivity index (χ1) is 19.4. The Morgan fingerprint density at radius 3 is 2.10 bits per heavy atom. The van der Waals surface area contributed by atoms with Crippen LogP contribution >= 0.6 is 7.60 Å². The quantitative estimate of drug-likeness (QED) is 0.188. The molecular formula is C30H39N2O7PS. The maximum absolute atomic E-state index is 13.2. The Morgan fingerprint density at radius 2 is 1.56 bits per heavy atom. The lowest BCUT2D eigenvalue weighted by molar-refractivity contribution is 0.102. The number of amides is 1. The monoisotopic (exact) mass is 602 g/mol. The van der Waals surface area contributed by atoms with Crippen LogP contribution in [0.3, 0.4) is 0 Å². The van der Waals surface area contributed by atoms with Crippen molar-refractivity contribution in [1.82, 2.24) is 4.98 Å². The predicted molar refractivity (Wildman–Crippen MR) is 162 cm³/mol. The fraction of sp³-hybridized carbons (Fsp3) is 0.400. The van der Waals surface area contributed by atoms with Crippen LogP contribution in [0, 0.1) is 0 Å². The zero-order chi connectivity index (χ0) is 30.2. The summed E-state index contributed by atoms with van der Waals surface area (Å²) in [5, 5.41) is 2.79. The summed E-state index contributed by atoms with van der Waals surface area (Å²) in [5.41, 5.74) is 0.975. The van der Waals surface area contributed by atoms with Crippen LogP contribution in [0.4, 0.5) is 5.82 Å². The molecule has 0 saturated heterocycles. The largest absolute Gasteiger partial charge is 0.491 e. The SMILES string of the molecule is CC[C@H](C)Oc1cc(Oc2ccc(S(C)=O)cc2)cc(C(=O)Nc2ccc(CP(=O)(OC(C)C)OC(C)C)cn2)c1. The van der Waals surface area contributed by atoms with E-state index in [1.165, 1.54) is 0 Å². The van der Waals surface area contributed by atoms with Crippen molar-refractivity contribution in [2.45, 2.75) is 77.3 Å². The summed E-state index contributed by atoms with van der Waals surface area (Å²) in [7, 11) is -4.47. The summed E-state index contributed by atoms with van der Waals surface area (Å²) < 4.78 is 48.1. The average molecular weight is 603 g/mol. The van der Waals surface area contributed by atoms with E-state index in [-0.39, 0.29) is 24.5 Å². The van der Waals surface area contributed by atoms with Gasteiger partial charge >= 0.3 is 7.60 Å². The van der Waals surface area contributed by atoms with Gasteiger partial charge in [-0.2, -0.15) is 0 Å². The third kappa shape index (κ3) is 10.4. The number of nitrogens with one attached hydrogen (secondary N) is 1. The van der Waals surface area contributed by atoms with E-state index in [1.807, 2.05) is 13.8 Å². The summed E-state index contributed by atoms with van der Waals surface area (Å²) >= 11 is 0. The smallest absolute Gasteiger partial charge is 0.335 e. The number of rotatable bonds is 14. The minimum absolute atomic E-state index is 0.0649. The molecule has 2 atom stereocenters. The number of carbonyl (C=O) groups is 1. The van der Waals surface area contributed by atoms with Gasteiger partial charge in [0, 0.05) is 39.8 Å². The second-order valence-corrected chi connectivity index (χ2v) is 13.5. The maximum atomic E-state index is 13.2. The molecule has 11 heteroatoms. The molecule has 0 spiro atoms. The van der Waals surface area contributed by atoms with Gasteiger partial charge in [0.05, 0.1) is 24.5 Å². The average Bonchev–Trinajstić information content (AvgIpc) is 2.88. The fourth-order valence-electron chi connectivity index (χ4n) is 3.73. The Bertz CT molecular complexity index is 1360.